The van der Waals surface area contributed by atoms with Crippen LogP contribution >= 0.6 is 11.6 Å². The molecular formula is C26H26ClN3O5. The van der Waals surface area contributed by atoms with E-state index in [1.165, 1.54) is 7.11 Å². The smallest absolute Gasteiger partial charge is 0.419 e. The Labute approximate surface area is 207 Å². The summed E-state index contributed by atoms with van der Waals surface area (Å²) in [6.07, 6.45) is 0. The molecule has 0 aliphatic carbocycles. The molecule has 1 N–H and O–H groups in total. The number of carbonyl (C=O) groups excluding carboxylic acids is 1. The molecule has 1 amide bonds. The normalized spacial score (nSPS) is 11.1. The maximum atomic E-state index is 12.9. The zero-order chi connectivity index (χ0) is 24.9. The van der Waals surface area contributed by atoms with Crippen LogP contribution in [-0.4, -0.2) is 43.1 Å². The van der Waals surface area contributed by atoms with Crippen molar-refractivity contribution < 1.29 is 18.7 Å². The van der Waals surface area contributed by atoms with E-state index in [9.17, 15) is 9.59 Å². The Morgan fingerprint density at radius 2 is 1.83 bits per heavy atom. The number of rotatable bonds is 9. The lowest BCUT2D eigenvalue weighted by Crippen LogP contribution is -2.23. The SMILES string of the molecule is COc1cc(C(=O)Nc2ccc3oc(=O)n(CCN(C)C)c3c2)ccc1OCc1ccc(Cl)cc1. The van der Waals surface area contributed by atoms with E-state index in [0.29, 0.717) is 58.6 Å². The molecule has 0 unspecified atom stereocenters. The topological polar surface area (TPSA) is 85.9 Å². The van der Waals surface area contributed by atoms with Gasteiger partial charge in [0.25, 0.3) is 5.91 Å². The molecule has 0 aliphatic heterocycles. The molecule has 4 rings (SSSR count). The monoisotopic (exact) mass is 495 g/mol. The number of amides is 1. The number of aromatic nitrogens is 1. The number of hydrogen-bond donors (Lipinski definition) is 1. The molecule has 35 heavy (non-hydrogen) atoms. The number of carbonyl (C=O) groups is 1. The number of halogens is 1. The highest BCUT2D eigenvalue weighted by atomic mass is 35.5. The first kappa shape index (κ1) is 24.4. The number of oxazole rings is 1. The number of nitrogens with zero attached hydrogens (tertiary/aromatic N) is 2. The van der Waals surface area contributed by atoms with Gasteiger partial charge < -0.3 is 24.1 Å². The number of ether oxygens (including phenoxy) is 2. The molecule has 0 saturated carbocycles. The van der Waals surface area contributed by atoms with E-state index in [1.807, 2.05) is 31.1 Å². The molecule has 0 fully saturated rings. The van der Waals surface area contributed by atoms with Crippen molar-refractivity contribution in [2.24, 2.45) is 0 Å². The van der Waals surface area contributed by atoms with E-state index >= 15 is 0 Å². The highest BCUT2D eigenvalue weighted by Gasteiger charge is 2.14. The van der Waals surface area contributed by atoms with Crippen LogP contribution in [0.5, 0.6) is 11.5 Å². The van der Waals surface area contributed by atoms with Gasteiger partial charge >= 0.3 is 5.76 Å². The average Bonchev–Trinajstić information content (AvgIpc) is 3.16. The third-order valence-corrected chi connectivity index (χ3v) is 5.68. The van der Waals surface area contributed by atoms with Gasteiger partial charge in [-0.2, -0.15) is 0 Å². The molecule has 3 aromatic carbocycles. The first-order valence-electron chi connectivity index (χ1n) is 11.0. The summed E-state index contributed by atoms with van der Waals surface area (Å²) in [6, 6.07) is 17.4. The van der Waals surface area contributed by atoms with E-state index < -0.39 is 5.76 Å². The predicted octanol–water partition coefficient (Wildman–Crippen LogP) is 4.65. The molecule has 1 aromatic heterocycles. The molecule has 0 aliphatic rings. The van der Waals surface area contributed by atoms with Gasteiger partial charge in [-0.1, -0.05) is 23.7 Å². The van der Waals surface area contributed by atoms with Crippen molar-refractivity contribution in [3.8, 4) is 11.5 Å². The standard InChI is InChI=1S/C26H26ClN3O5/c1-29(2)12-13-30-21-15-20(9-11-22(21)35-26(30)32)28-25(31)18-6-10-23(24(14-18)33-3)34-16-17-4-7-19(27)8-5-17/h4-11,14-15H,12-13,16H2,1-3H3,(H,28,31). The minimum absolute atomic E-state index is 0.322. The maximum Gasteiger partial charge on any atom is 0.419 e. The number of methoxy groups -OCH3 is 1. The number of fused-ring (bicyclic) bond motifs is 1. The number of likely N-dealkylation sites (N-methyl/N-ethyl adjacent to an activating group) is 1. The van der Waals surface area contributed by atoms with Crippen LogP contribution < -0.4 is 20.5 Å². The maximum absolute atomic E-state index is 12.9. The fourth-order valence-electron chi connectivity index (χ4n) is 3.52. The van der Waals surface area contributed by atoms with Gasteiger partial charge in [-0.3, -0.25) is 9.36 Å². The van der Waals surface area contributed by atoms with Gasteiger partial charge in [-0.25, -0.2) is 4.79 Å². The van der Waals surface area contributed by atoms with Crippen molar-refractivity contribution >= 4 is 34.3 Å². The van der Waals surface area contributed by atoms with Crippen LogP contribution in [0, 0.1) is 0 Å². The summed E-state index contributed by atoms with van der Waals surface area (Å²) >= 11 is 5.92. The number of hydrogen-bond acceptors (Lipinski definition) is 6. The lowest BCUT2D eigenvalue weighted by Gasteiger charge is -2.13. The Balaban J connectivity index is 1.49. The van der Waals surface area contributed by atoms with Gasteiger partial charge in [-0.05, 0) is 68.2 Å². The first-order valence-corrected chi connectivity index (χ1v) is 11.4. The zero-order valence-corrected chi connectivity index (χ0v) is 20.5. The molecular weight excluding hydrogens is 470 g/mol. The largest absolute Gasteiger partial charge is 0.493 e. The van der Waals surface area contributed by atoms with E-state index in [4.69, 9.17) is 25.5 Å². The van der Waals surface area contributed by atoms with Gasteiger partial charge in [0.15, 0.2) is 17.1 Å². The number of anilines is 1. The molecule has 0 radical (unpaired) electrons. The minimum atomic E-state index is -0.427. The van der Waals surface area contributed by atoms with Crippen LogP contribution in [0.2, 0.25) is 5.02 Å². The second-order valence-corrected chi connectivity index (χ2v) is 8.68. The van der Waals surface area contributed by atoms with Crippen molar-refractivity contribution in [1.82, 2.24) is 9.47 Å². The quantitative estimate of drug-likeness (QED) is 0.364. The van der Waals surface area contributed by atoms with Crippen molar-refractivity contribution in [3.63, 3.8) is 0 Å². The minimum Gasteiger partial charge on any atom is -0.493 e. The number of nitrogens with one attached hydrogen (secondary N) is 1. The first-order chi connectivity index (χ1) is 16.8. The van der Waals surface area contributed by atoms with E-state index in [-0.39, 0.29) is 5.91 Å². The molecule has 9 heteroatoms. The van der Waals surface area contributed by atoms with Gasteiger partial charge in [0.05, 0.1) is 12.6 Å². The summed E-state index contributed by atoms with van der Waals surface area (Å²) in [5.41, 5.74) is 2.99. The highest BCUT2D eigenvalue weighted by Crippen LogP contribution is 2.29. The molecule has 0 bridgehead atoms. The molecule has 1 heterocycles. The van der Waals surface area contributed by atoms with Crippen LogP contribution in [0.15, 0.2) is 69.9 Å². The summed E-state index contributed by atoms with van der Waals surface area (Å²) in [4.78, 5) is 27.1. The summed E-state index contributed by atoms with van der Waals surface area (Å²) in [5, 5.41) is 3.53. The van der Waals surface area contributed by atoms with E-state index in [2.05, 4.69) is 5.32 Å². The van der Waals surface area contributed by atoms with Gasteiger partial charge in [0, 0.05) is 29.4 Å². The van der Waals surface area contributed by atoms with Crippen LogP contribution in [-0.2, 0) is 13.2 Å². The van der Waals surface area contributed by atoms with E-state index in [1.54, 1.807) is 53.1 Å². The zero-order valence-electron chi connectivity index (χ0n) is 19.7. The summed E-state index contributed by atoms with van der Waals surface area (Å²) in [6.45, 7) is 1.49. The lowest BCUT2D eigenvalue weighted by atomic mass is 10.1. The summed E-state index contributed by atoms with van der Waals surface area (Å²) < 4.78 is 18.2. The molecule has 182 valence electrons. The fraction of sp³-hybridized carbons (Fsp3) is 0.231. The Morgan fingerprint density at radius 3 is 2.54 bits per heavy atom. The Bertz CT molecular complexity index is 1390. The third-order valence-electron chi connectivity index (χ3n) is 5.43. The Hall–Kier alpha value is -3.75. The predicted molar refractivity (Wildman–Crippen MR) is 136 cm³/mol. The molecule has 8 nitrogen and oxygen atoms in total. The average molecular weight is 496 g/mol. The lowest BCUT2D eigenvalue weighted by molar-refractivity contribution is 0.102. The van der Waals surface area contributed by atoms with Crippen molar-refractivity contribution in [2.45, 2.75) is 13.2 Å². The van der Waals surface area contributed by atoms with Gasteiger partial charge in [-0.15, -0.1) is 0 Å². The highest BCUT2D eigenvalue weighted by molar-refractivity contribution is 6.30. The summed E-state index contributed by atoms with van der Waals surface area (Å²) in [7, 11) is 5.38. The van der Waals surface area contributed by atoms with Crippen LogP contribution in [0.25, 0.3) is 11.1 Å². The molecule has 0 atom stereocenters. The molecule has 4 aromatic rings. The third kappa shape index (κ3) is 5.85. The summed E-state index contributed by atoms with van der Waals surface area (Å²) in [5.74, 6) is 0.208. The van der Waals surface area contributed by atoms with Crippen molar-refractivity contribution in [3.05, 3.63) is 87.4 Å². The Morgan fingerprint density at radius 1 is 1.06 bits per heavy atom. The van der Waals surface area contributed by atoms with Crippen LogP contribution in [0.3, 0.4) is 0 Å². The van der Waals surface area contributed by atoms with E-state index in [0.717, 1.165) is 5.56 Å². The number of benzene rings is 3. The van der Waals surface area contributed by atoms with Crippen molar-refractivity contribution in [1.29, 1.82) is 0 Å². The second-order valence-electron chi connectivity index (χ2n) is 8.24. The van der Waals surface area contributed by atoms with Crippen LogP contribution in [0.1, 0.15) is 15.9 Å². The van der Waals surface area contributed by atoms with Crippen LogP contribution in [0.4, 0.5) is 5.69 Å². The molecule has 0 saturated heterocycles. The second kappa shape index (κ2) is 10.7. The van der Waals surface area contributed by atoms with Crippen molar-refractivity contribution in [2.75, 3.05) is 33.1 Å². The van der Waals surface area contributed by atoms with Gasteiger partial charge in [0.1, 0.15) is 6.61 Å². The van der Waals surface area contributed by atoms with Gasteiger partial charge in [0.2, 0.25) is 0 Å². The molecule has 0 spiro atoms. The fourth-order valence-corrected chi connectivity index (χ4v) is 3.65. The Kier molecular flexibility index (Phi) is 7.43.